The highest BCUT2D eigenvalue weighted by atomic mass is 16.6. The Hall–Kier alpha value is -4.31. The van der Waals surface area contributed by atoms with Gasteiger partial charge >= 0.3 is 37.2 Å². The Kier molecular flexibility index (Phi) is 65.1. The lowest BCUT2D eigenvalue weighted by Gasteiger charge is -2.25. The van der Waals surface area contributed by atoms with Crippen LogP contribution < -0.4 is 0 Å². The van der Waals surface area contributed by atoms with Gasteiger partial charge in [-0.1, -0.05) is 0 Å². The molecule has 0 saturated carbocycles. The average molecular weight is 1040 g/mol. The van der Waals surface area contributed by atoms with Crippen molar-refractivity contribution in [2.75, 3.05) is 79.3 Å². The Morgan fingerprint density at radius 2 is 0.942 bits per heavy atom. The van der Waals surface area contributed by atoms with Crippen molar-refractivity contribution >= 4 is 29.8 Å². The normalized spacial score (nSPS) is 18.1. The van der Waals surface area contributed by atoms with Gasteiger partial charge in [-0.2, -0.15) is 0 Å². The van der Waals surface area contributed by atoms with Gasteiger partial charge in [-0.25, -0.2) is 24.0 Å². The van der Waals surface area contributed by atoms with Gasteiger partial charge in [0.15, 0.2) is 18.0 Å². The Bertz CT molecular complexity index is 1180. The summed E-state index contributed by atoms with van der Waals surface area (Å²) in [5.74, 6) is -3.72. The summed E-state index contributed by atoms with van der Waals surface area (Å²) in [4.78, 5) is 51.6. The van der Waals surface area contributed by atoms with Crippen molar-refractivity contribution in [3.63, 3.8) is 0 Å². The highest BCUT2D eigenvalue weighted by Crippen LogP contribution is 2.14. The van der Waals surface area contributed by atoms with Crippen LogP contribution in [0.2, 0.25) is 0 Å². The van der Waals surface area contributed by atoms with Crippen molar-refractivity contribution in [1.29, 1.82) is 0 Å². The Morgan fingerprint density at radius 1 is 0.623 bits per heavy atom. The molecule has 0 aromatic carbocycles. The number of aliphatic hydroxyl groups is 15. The minimum atomic E-state index is -1.23. The number of hydrogen-bond donors (Lipinski definition) is 16. The third kappa shape index (κ3) is 54.5. The summed E-state index contributed by atoms with van der Waals surface area (Å²) in [6, 6.07) is 0. The van der Waals surface area contributed by atoms with Crippen LogP contribution >= 0.6 is 0 Å². The number of esters is 4. The van der Waals surface area contributed by atoms with E-state index in [1.54, 1.807) is 13.8 Å². The van der Waals surface area contributed by atoms with Crippen LogP contribution in [0.25, 0.3) is 0 Å². The molecule has 10 unspecified atom stereocenters. The number of allylic oxidation sites excluding steroid dienone is 1. The average Bonchev–Trinajstić information content (AvgIpc) is 3.28. The van der Waals surface area contributed by atoms with Gasteiger partial charge in [0.05, 0.1) is 46.2 Å². The summed E-state index contributed by atoms with van der Waals surface area (Å²) in [6.45, 7) is 5.51. The Balaban J connectivity index is -0.0000000749. The zero-order valence-electron chi connectivity index (χ0n) is 39.9. The highest BCUT2D eigenvalue weighted by Gasteiger charge is 2.26. The molecule has 0 spiro atoms. The van der Waals surface area contributed by atoms with Crippen molar-refractivity contribution in [1.82, 2.24) is 0 Å². The molecule has 69 heavy (non-hydrogen) atoms. The molecule has 0 aliphatic carbocycles. The SMILES string of the molecule is CC(O)C(=O)O.CC(O)C(=O)OCC(O)CO.CC(O)C(=O)OCC(O)CO.CC([OH2+])C(=O)OCC(O)CO.CC1=C(O)OCC(CO)O1.CC1OC(CO)COC1=O.OCC(O)CO.[H+].[OH-].[OH-].[OH3+].[OH3+]. The van der Waals surface area contributed by atoms with E-state index in [4.69, 9.17) is 101 Å². The molecule has 2 aliphatic heterocycles. The molecule has 1 saturated heterocycles. The van der Waals surface area contributed by atoms with E-state index in [1.807, 2.05) is 0 Å². The van der Waals surface area contributed by atoms with Crippen molar-refractivity contribution in [3.8, 4) is 0 Å². The topological polar surface area (TPSA) is 623 Å². The molecule has 2 heterocycles. The minimum Gasteiger partial charge on any atom is -0.870 e. The molecule has 10 atom stereocenters. The second-order valence-electron chi connectivity index (χ2n) is 12.8. The number of carbonyl (C=O) groups is 5. The van der Waals surface area contributed by atoms with E-state index in [2.05, 4.69) is 18.9 Å². The summed E-state index contributed by atoms with van der Waals surface area (Å²) in [6.07, 6.45) is -9.92. The molecule has 2 aliphatic rings. The van der Waals surface area contributed by atoms with Crippen LogP contribution in [0.5, 0.6) is 0 Å². The number of rotatable bonds is 17. The van der Waals surface area contributed by atoms with Crippen LogP contribution in [0, 0.1) is 0 Å². The largest absolute Gasteiger partial charge is 1.00 e. The van der Waals surface area contributed by atoms with Crippen LogP contribution in [-0.4, -0.2) is 274 Å². The third-order valence-corrected chi connectivity index (χ3v) is 6.30. The van der Waals surface area contributed by atoms with E-state index in [-0.39, 0.29) is 107 Å². The quantitative estimate of drug-likeness (QED) is 0.0365. The second-order valence-corrected chi connectivity index (χ2v) is 12.8. The summed E-state index contributed by atoms with van der Waals surface area (Å²) in [5.41, 5.74) is 0. The van der Waals surface area contributed by atoms with Gasteiger partial charge in [0.2, 0.25) is 6.10 Å². The number of ether oxygens (including phenoxy) is 7. The molecule has 0 aromatic heterocycles. The van der Waals surface area contributed by atoms with Crippen molar-refractivity contribution in [2.24, 2.45) is 0 Å². The second kappa shape index (κ2) is 53.0. The third-order valence-electron chi connectivity index (χ3n) is 6.30. The number of carbonyl (C=O) groups excluding carboxylic acids is 4. The van der Waals surface area contributed by atoms with E-state index in [0.717, 1.165) is 0 Å². The number of hydrogen-bond acceptors (Lipinski definition) is 29. The molecular weight excluding hydrogens is 960 g/mol. The molecule has 2 rings (SSSR count). The van der Waals surface area contributed by atoms with Gasteiger partial charge in [-0.05, 0) is 27.7 Å². The summed E-state index contributed by atoms with van der Waals surface area (Å²) in [5, 5.41) is 141. The van der Waals surface area contributed by atoms with Gasteiger partial charge < -0.3 is 142 Å². The van der Waals surface area contributed by atoms with Crippen LogP contribution in [0.3, 0.4) is 0 Å². The van der Waals surface area contributed by atoms with Crippen molar-refractivity contribution in [2.45, 2.75) is 109 Å². The van der Waals surface area contributed by atoms with E-state index in [9.17, 15) is 24.0 Å². The van der Waals surface area contributed by atoms with E-state index < -0.39 is 98.6 Å². The Morgan fingerprint density at radius 3 is 1.17 bits per heavy atom. The van der Waals surface area contributed by atoms with Gasteiger partial charge in [0.25, 0.3) is 0 Å². The first-order chi connectivity index (χ1) is 30.1. The maximum Gasteiger partial charge on any atom is 1.00 e. The molecule has 33 heteroatoms. The van der Waals surface area contributed by atoms with Crippen molar-refractivity contribution < 1.29 is 167 Å². The van der Waals surface area contributed by atoms with Gasteiger partial charge in [0.1, 0.15) is 81.9 Å². The molecule has 33 nitrogen and oxygen atoms in total. The predicted octanol–water partition coefficient (Wildman–Crippen LogP) is -10.3. The van der Waals surface area contributed by atoms with Gasteiger partial charge in [0, 0.05) is 13.8 Å². The number of aliphatic hydroxyl groups excluding tert-OH is 15. The fraction of sp³-hybridized carbons (Fsp3) is 0.806. The molecule has 0 radical (unpaired) electrons. The highest BCUT2D eigenvalue weighted by molar-refractivity contribution is 5.75. The predicted molar refractivity (Wildman–Crippen MR) is 228 cm³/mol. The Labute approximate surface area is 396 Å². The fourth-order valence-electron chi connectivity index (χ4n) is 2.59. The number of carboxylic acid groups (broad SMARTS) is 1. The maximum atomic E-state index is 10.6. The first-order valence-corrected chi connectivity index (χ1v) is 19.1. The lowest BCUT2D eigenvalue weighted by molar-refractivity contribution is -0.184. The van der Waals surface area contributed by atoms with Crippen LogP contribution in [0.15, 0.2) is 11.7 Å². The first kappa shape index (κ1) is 84.6. The molecule has 26 N–H and O–H groups in total. The smallest absolute Gasteiger partial charge is 0.870 e. The standard InChI is InChI=1S/3C6H12O5.2C6H10O4.C3H8O3.C3H6O3.4H2O/c3*1-4(8)6(10)11-3-5(9)2-7;2*1-4-6(8)9-3-5(2-7)10-4;4-1-3(6)2-5;1-2(4)3(5)6;;;;/h3*4-5,7-9H,2-3H2,1H3;5,7-8H,2-3H2,1H3;4-5,7H,2-3H2,1H3;3-6H,1-2H2;2,4H,1H3,(H,5,6);4*1H2/p+2. The van der Waals surface area contributed by atoms with Crippen LogP contribution in [0.4, 0.5) is 0 Å². The van der Waals surface area contributed by atoms with E-state index in [1.165, 1.54) is 27.7 Å². The zero-order chi connectivity index (χ0) is 51.8. The lowest BCUT2D eigenvalue weighted by atomic mass is 10.3. The molecule has 0 aromatic rings. The molecule has 1 fully saturated rings. The zero-order valence-corrected chi connectivity index (χ0v) is 38.9. The number of carboxylic acids is 1. The summed E-state index contributed by atoms with van der Waals surface area (Å²) < 4.78 is 32.6. The number of cyclic esters (lactones) is 1. The van der Waals surface area contributed by atoms with Crippen LogP contribution in [0.1, 0.15) is 43.0 Å². The van der Waals surface area contributed by atoms with Crippen molar-refractivity contribution in [3.05, 3.63) is 11.7 Å². The van der Waals surface area contributed by atoms with Gasteiger partial charge in [-0.15, -0.1) is 0 Å². The molecule has 0 amide bonds. The maximum absolute atomic E-state index is 10.6. The summed E-state index contributed by atoms with van der Waals surface area (Å²) >= 11 is 0. The number of aliphatic carboxylic acids is 1. The summed E-state index contributed by atoms with van der Waals surface area (Å²) in [7, 11) is 0. The first-order valence-electron chi connectivity index (χ1n) is 19.1. The van der Waals surface area contributed by atoms with E-state index in [0.29, 0.717) is 5.76 Å². The fourth-order valence-corrected chi connectivity index (χ4v) is 2.59. The minimum absolute atomic E-state index is 0. The monoisotopic (exact) mass is 1040 g/mol. The van der Waals surface area contributed by atoms with Gasteiger partial charge in [-0.3, -0.25) is 0 Å². The lowest BCUT2D eigenvalue weighted by Crippen LogP contribution is -2.40. The molecule has 0 bridgehead atoms. The van der Waals surface area contributed by atoms with Crippen LogP contribution in [-0.2, 0) is 68.1 Å². The molecular formula is C36H80O33+2. The molecule has 420 valence electrons. The van der Waals surface area contributed by atoms with E-state index >= 15 is 0 Å².